The first-order valence-electron chi connectivity index (χ1n) is 9.88. The van der Waals surface area contributed by atoms with E-state index in [4.69, 9.17) is 22.1 Å². The van der Waals surface area contributed by atoms with Crippen LogP contribution in [-0.2, 0) is 11.3 Å². The predicted molar refractivity (Wildman–Crippen MR) is 129 cm³/mol. The number of amides is 1. The number of halogens is 2. The van der Waals surface area contributed by atoms with Gasteiger partial charge in [0, 0.05) is 36.5 Å². The molecule has 1 aromatic heterocycles. The molecule has 7 nitrogen and oxygen atoms in total. The fourth-order valence-electron chi connectivity index (χ4n) is 2.94. The number of primary amides is 1. The maximum atomic E-state index is 14.3. The number of benzene rings is 2. The molecule has 0 aliphatic carbocycles. The summed E-state index contributed by atoms with van der Waals surface area (Å²) < 4.78 is 19.8. The molecule has 0 aliphatic heterocycles. The molecule has 0 aliphatic rings. The van der Waals surface area contributed by atoms with Gasteiger partial charge in [-0.2, -0.15) is 0 Å². The molecule has 0 atom stereocenters. The van der Waals surface area contributed by atoms with Gasteiger partial charge in [0.05, 0.1) is 23.3 Å². The number of fused-ring (bicyclic) bond motifs is 1. The van der Waals surface area contributed by atoms with Crippen molar-refractivity contribution in [3.05, 3.63) is 53.1 Å². The number of aromatic nitrogens is 2. The lowest BCUT2D eigenvalue weighted by molar-refractivity contribution is -0.118. The van der Waals surface area contributed by atoms with Crippen molar-refractivity contribution in [1.82, 2.24) is 14.9 Å². The van der Waals surface area contributed by atoms with Gasteiger partial charge in [-0.25, -0.2) is 14.4 Å². The number of methoxy groups -OCH3 is 1. The van der Waals surface area contributed by atoms with Crippen LogP contribution in [-0.4, -0.2) is 41.5 Å². The van der Waals surface area contributed by atoms with Crippen molar-refractivity contribution >= 4 is 39.9 Å². The summed E-state index contributed by atoms with van der Waals surface area (Å²) in [6.07, 6.45) is 1.65. The summed E-state index contributed by atoms with van der Waals surface area (Å²) >= 11 is 5.87. The molecule has 0 saturated heterocycles. The number of nitrogens with zero attached hydrogens (tertiary/aromatic N) is 3. The van der Waals surface area contributed by atoms with Gasteiger partial charge in [-0.05, 0) is 25.2 Å². The second-order valence-electron chi connectivity index (χ2n) is 6.58. The summed E-state index contributed by atoms with van der Waals surface area (Å²) in [5.41, 5.74) is 6.96. The van der Waals surface area contributed by atoms with Gasteiger partial charge in [0.25, 0.3) is 0 Å². The van der Waals surface area contributed by atoms with Gasteiger partial charge in [-0.15, -0.1) is 0 Å². The first-order valence-corrected chi connectivity index (χ1v) is 10.3. The lowest BCUT2D eigenvalue weighted by Crippen LogP contribution is -2.24. The topological polar surface area (TPSA) is 93.4 Å². The van der Waals surface area contributed by atoms with E-state index in [2.05, 4.69) is 15.3 Å². The Morgan fingerprint density at radius 3 is 2.66 bits per heavy atom. The number of carbonyl (C=O) groups is 1. The van der Waals surface area contributed by atoms with Crippen molar-refractivity contribution in [2.75, 3.05) is 26.0 Å². The molecule has 3 aromatic rings. The lowest BCUT2D eigenvalue weighted by Gasteiger charge is -2.19. The minimum Gasteiger partial charge on any atom is -0.496 e. The van der Waals surface area contributed by atoms with Gasteiger partial charge in [-0.1, -0.05) is 38.9 Å². The Hall–Kier alpha value is -2.97. The molecule has 32 heavy (non-hydrogen) atoms. The summed E-state index contributed by atoms with van der Waals surface area (Å²) in [5, 5.41) is 3.71. The highest BCUT2D eigenvalue weighted by molar-refractivity contribution is 6.31. The van der Waals surface area contributed by atoms with Gasteiger partial charge in [-0.3, -0.25) is 4.79 Å². The summed E-state index contributed by atoms with van der Waals surface area (Å²) in [5.74, 6) is 0.188. The maximum Gasteiger partial charge on any atom is 0.218 e. The van der Waals surface area contributed by atoms with E-state index in [9.17, 15) is 9.18 Å². The van der Waals surface area contributed by atoms with Crippen LogP contribution in [0.25, 0.3) is 10.9 Å². The molecular formula is C23H31ClFN5O2. The largest absolute Gasteiger partial charge is 0.496 e. The van der Waals surface area contributed by atoms with E-state index in [1.165, 1.54) is 12.4 Å². The van der Waals surface area contributed by atoms with Gasteiger partial charge in [0.2, 0.25) is 5.91 Å². The van der Waals surface area contributed by atoms with Crippen LogP contribution >= 0.6 is 11.6 Å². The third-order valence-electron chi connectivity index (χ3n) is 4.42. The van der Waals surface area contributed by atoms with E-state index < -0.39 is 5.82 Å². The molecular weight excluding hydrogens is 433 g/mol. The summed E-state index contributed by atoms with van der Waals surface area (Å²) in [7, 11) is 3.46. The minimum atomic E-state index is -0.555. The van der Waals surface area contributed by atoms with Gasteiger partial charge >= 0.3 is 0 Å². The monoisotopic (exact) mass is 463 g/mol. The first kappa shape index (κ1) is 27.1. The van der Waals surface area contributed by atoms with Crippen LogP contribution in [0.15, 0.2) is 36.7 Å². The Morgan fingerprint density at radius 2 is 2.00 bits per heavy atom. The highest BCUT2D eigenvalue weighted by Crippen LogP contribution is 2.32. The van der Waals surface area contributed by atoms with Crippen molar-refractivity contribution in [3.63, 3.8) is 0 Å². The third-order valence-corrected chi connectivity index (χ3v) is 4.71. The van der Waals surface area contributed by atoms with Crippen molar-refractivity contribution in [3.8, 4) is 5.75 Å². The SMILES string of the molecule is C.CC.COc1cc2ncnc(Nc3cccc(Cl)c3F)c2cc1CN(C)CCC(N)=O. The number of hydrogen-bond donors (Lipinski definition) is 2. The van der Waals surface area contributed by atoms with Crippen molar-refractivity contribution in [2.45, 2.75) is 34.2 Å². The second kappa shape index (κ2) is 12.8. The molecule has 0 radical (unpaired) electrons. The fraction of sp³-hybridized carbons (Fsp3) is 0.348. The van der Waals surface area contributed by atoms with Crippen LogP contribution in [0.4, 0.5) is 15.9 Å². The molecule has 0 bridgehead atoms. The Balaban J connectivity index is 0.00000166. The zero-order chi connectivity index (χ0) is 23.0. The Bertz CT molecular complexity index is 1050. The van der Waals surface area contributed by atoms with Gasteiger partial charge in [0.15, 0.2) is 5.82 Å². The van der Waals surface area contributed by atoms with E-state index in [0.717, 1.165) is 5.56 Å². The molecule has 3 N–H and O–H groups in total. The molecule has 1 heterocycles. The standard InChI is InChI=1S/C20H21ClFN5O2.C2H6.CH4/c1-27(7-6-18(23)28)10-12-8-13-16(9-17(12)29-2)24-11-25-20(13)26-15-5-3-4-14(21)19(15)22;1-2;/h3-5,8-9,11H,6-7,10H2,1-2H3,(H2,23,28)(H,24,25,26);1-2H3;1H4. The Kier molecular flexibility index (Phi) is 10.8. The smallest absolute Gasteiger partial charge is 0.218 e. The number of carbonyl (C=O) groups excluding carboxylic acids is 1. The highest BCUT2D eigenvalue weighted by atomic mass is 35.5. The normalized spacial score (nSPS) is 10.2. The average molecular weight is 464 g/mol. The summed E-state index contributed by atoms with van der Waals surface area (Å²) in [6.45, 7) is 5.03. The highest BCUT2D eigenvalue weighted by Gasteiger charge is 2.14. The second-order valence-corrected chi connectivity index (χ2v) is 6.99. The van der Waals surface area contributed by atoms with Crippen LogP contribution in [0.2, 0.25) is 5.02 Å². The quantitative estimate of drug-likeness (QED) is 0.480. The lowest BCUT2D eigenvalue weighted by atomic mass is 10.1. The first-order chi connectivity index (χ1) is 14.9. The molecule has 0 unspecified atom stereocenters. The zero-order valence-electron chi connectivity index (χ0n) is 18.1. The summed E-state index contributed by atoms with van der Waals surface area (Å²) in [6, 6.07) is 8.40. The van der Waals surface area contributed by atoms with E-state index in [1.54, 1.807) is 25.3 Å². The number of hydrogen-bond acceptors (Lipinski definition) is 6. The van der Waals surface area contributed by atoms with Crippen molar-refractivity contribution in [1.29, 1.82) is 0 Å². The van der Waals surface area contributed by atoms with Crippen molar-refractivity contribution < 1.29 is 13.9 Å². The van der Waals surface area contributed by atoms with Crippen LogP contribution in [0.1, 0.15) is 33.3 Å². The molecule has 0 spiro atoms. The number of ether oxygens (including phenoxy) is 1. The van der Waals surface area contributed by atoms with Crippen molar-refractivity contribution in [2.24, 2.45) is 5.73 Å². The van der Waals surface area contributed by atoms with Crippen LogP contribution < -0.4 is 15.8 Å². The number of rotatable bonds is 8. The molecule has 3 rings (SSSR count). The maximum absolute atomic E-state index is 14.3. The third kappa shape index (κ3) is 6.77. The molecule has 0 saturated carbocycles. The number of anilines is 2. The molecule has 174 valence electrons. The van der Waals surface area contributed by atoms with Crippen LogP contribution in [0.3, 0.4) is 0 Å². The Morgan fingerprint density at radius 1 is 1.28 bits per heavy atom. The molecule has 2 aromatic carbocycles. The van der Waals surface area contributed by atoms with Gasteiger partial charge < -0.3 is 20.7 Å². The number of nitrogens with one attached hydrogen (secondary N) is 1. The molecule has 9 heteroatoms. The number of nitrogens with two attached hydrogens (primary N) is 1. The van der Waals surface area contributed by atoms with Crippen LogP contribution in [0.5, 0.6) is 5.75 Å². The predicted octanol–water partition coefficient (Wildman–Crippen LogP) is 5.14. The summed E-state index contributed by atoms with van der Waals surface area (Å²) in [4.78, 5) is 21.5. The fourth-order valence-corrected chi connectivity index (χ4v) is 3.12. The van der Waals surface area contributed by atoms with E-state index in [1.807, 2.05) is 31.9 Å². The van der Waals surface area contributed by atoms with Crippen LogP contribution in [0, 0.1) is 5.82 Å². The van der Waals surface area contributed by atoms with E-state index in [-0.39, 0.29) is 30.5 Å². The van der Waals surface area contributed by atoms with E-state index in [0.29, 0.717) is 35.6 Å². The minimum absolute atomic E-state index is 0. The molecule has 0 fully saturated rings. The van der Waals surface area contributed by atoms with Gasteiger partial charge in [0.1, 0.15) is 17.9 Å². The zero-order valence-corrected chi connectivity index (χ0v) is 18.8. The van der Waals surface area contributed by atoms with E-state index >= 15 is 0 Å². The Labute approximate surface area is 193 Å². The average Bonchev–Trinajstić information content (AvgIpc) is 2.76. The molecule has 1 amide bonds.